The second-order valence-electron chi connectivity index (χ2n) is 6.11. The van der Waals surface area contributed by atoms with Gasteiger partial charge < -0.3 is 15.5 Å². The van der Waals surface area contributed by atoms with Gasteiger partial charge in [0.05, 0.1) is 5.69 Å². The average Bonchev–Trinajstić information content (AvgIpc) is 2.71. The molecule has 1 unspecified atom stereocenters. The SMILES string of the molecule is O=C(O)[C@H](CNc1nccc(-c2ccccc2)n1)NC(O)c1c(Cl)cccc1Cl. The highest BCUT2D eigenvalue weighted by atomic mass is 35.5. The Balaban J connectivity index is 1.70. The quantitative estimate of drug-likeness (QED) is 0.402. The van der Waals surface area contributed by atoms with Crippen LogP contribution in [0.2, 0.25) is 10.0 Å². The third-order valence-corrected chi connectivity index (χ3v) is 4.78. The molecule has 9 heteroatoms. The maximum Gasteiger partial charge on any atom is 0.322 e. The number of aliphatic hydroxyl groups is 1. The van der Waals surface area contributed by atoms with Gasteiger partial charge in [0.2, 0.25) is 5.95 Å². The summed E-state index contributed by atoms with van der Waals surface area (Å²) in [4.78, 5) is 20.1. The molecular formula is C20H18Cl2N4O3. The van der Waals surface area contributed by atoms with Crippen LogP contribution in [0.1, 0.15) is 11.8 Å². The third kappa shape index (κ3) is 5.42. The molecule has 0 aliphatic carbocycles. The standard InChI is InChI=1S/C20H18Cl2N4O3/c21-13-7-4-8-14(22)17(13)18(27)25-16(19(28)29)11-24-20-23-10-9-15(26-20)12-5-2-1-3-6-12/h1-10,16,18,25,27H,11H2,(H,28,29)(H,23,24,26)/t16-,18?/m0/s1. The topological polar surface area (TPSA) is 107 Å². The van der Waals surface area contributed by atoms with Gasteiger partial charge in [-0.15, -0.1) is 0 Å². The second-order valence-corrected chi connectivity index (χ2v) is 6.92. The molecule has 29 heavy (non-hydrogen) atoms. The molecule has 7 nitrogen and oxygen atoms in total. The van der Waals surface area contributed by atoms with Crippen molar-refractivity contribution in [3.63, 3.8) is 0 Å². The van der Waals surface area contributed by atoms with Crippen LogP contribution in [0.3, 0.4) is 0 Å². The smallest absolute Gasteiger partial charge is 0.322 e. The molecule has 0 spiro atoms. The fraction of sp³-hybridized carbons (Fsp3) is 0.150. The highest BCUT2D eigenvalue weighted by Crippen LogP contribution is 2.29. The predicted octanol–water partition coefficient (Wildman–Crippen LogP) is 3.60. The van der Waals surface area contributed by atoms with Gasteiger partial charge in [-0.05, 0) is 18.2 Å². The van der Waals surface area contributed by atoms with Gasteiger partial charge in [-0.25, -0.2) is 9.97 Å². The molecule has 1 aromatic heterocycles. The van der Waals surface area contributed by atoms with Crippen LogP contribution < -0.4 is 10.6 Å². The zero-order valence-electron chi connectivity index (χ0n) is 15.1. The van der Waals surface area contributed by atoms with E-state index >= 15 is 0 Å². The molecule has 0 saturated carbocycles. The minimum Gasteiger partial charge on any atom is -0.480 e. The highest BCUT2D eigenvalue weighted by Gasteiger charge is 2.24. The van der Waals surface area contributed by atoms with Crippen molar-refractivity contribution in [2.75, 3.05) is 11.9 Å². The lowest BCUT2D eigenvalue weighted by Gasteiger charge is -2.21. The number of carboxylic acids is 1. The van der Waals surface area contributed by atoms with E-state index < -0.39 is 18.2 Å². The number of nitrogens with one attached hydrogen (secondary N) is 2. The van der Waals surface area contributed by atoms with Crippen molar-refractivity contribution in [2.24, 2.45) is 0 Å². The average molecular weight is 433 g/mol. The Morgan fingerprint density at radius 2 is 1.72 bits per heavy atom. The molecule has 1 heterocycles. The Bertz CT molecular complexity index is 968. The van der Waals surface area contributed by atoms with Crippen molar-refractivity contribution >= 4 is 35.1 Å². The first-order chi connectivity index (χ1) is 14.0. The number of rotatable bonds is 8. The van der Waals surface area contributed by atoms with Crippen molar-refractivity contribution in [2.45, 2.75) is 12.3 Å². The van der Waals surface area contributed by atoms with E-state index in [4.69, 9.17) is 23.2 Å². The van der Waals surface area contributed by atoms with Gasteiger partial charge in [0.25, 0.3) is 0 Å². The molecule has 3 aromatic rings. The molecule has 0 saturated heterocycles. The summed E-state index contributed by atoms with van der Waals surface area (Å²) in [6.45, 7) is -0.0767. The Morgan fingerprint density at radius 1 is 1.03 bits per heavy atom. The lowest BCUT2D eigenvalue weighted by Crippen LogP contribution is -2.44. The third-order valence-electron chi connectivity index (χ3n) is 4.12. The number of aromatic nitrogens is 2. The molecule has 0 aliphatic heterocycles. The Kier molecular flexibility index (Phi) is 7.00. The van der Waals surface area contributed by atoms with Gasteiger partial charge >= 0.3 is 5.97 Å². The summed E-state index contributed by atoms with van der Waals surface area (Å²) in [5, 5.41) is 25.8. The van der Waals surface area contributed by atoms with E-state index in [2.05, 4.69) is 20.6 Å². The number of hydrogen-bond donors (Lipinski definition) is 4. The summed E-state index contributed by atoms with van der Waals surface area (Å²) in [5.74, 6) is -0.899. The zero-order chi connectivity index (χ0) is 20.8. The summed E-state index contributed by atoms with van der Waals surface area (Å²) in [6.07, 6.45) is 0.217. The largest absolute Gasteiger partial charge is 0.480 e. The number of nitrogens with zero attached hydrogens (tertiary/aromatic N) is 2. The number of anilines is 1. The summed E-state index contributed by atoms with van der Waals surface area (Å²) in [6, 6.07) is 14.9. The first-order valence-electron chi connectivity index (χ1n) is 8.69. The molecule has 2 aromatic carbocycles. The molecule has 0 radical (unpaired) electrons. The van der Waals surface area contributed by atoms with E-state index in [0.29, 0.717) is 5.69 Å². The van der Waals surface area contributed by atoms with Gasteiger partial charge in [-0.1, -0.05) is 59.6 Å². The van der Waals surface area contributed by atoms with Crippen LogP contribution in [0.15, 0.2) is 60.8 Å². The lowest BCUT2D eigenvalue weighted by atomic mass is 10.1. The van der Waals surface area contributed by atoms with Crippen LogP contribution in [0.5, 0.6) is 0 Å². The fourth-order valence-corrected chi connectivity index (χ4v) is 3.27. The van der Waals surface area contributed by atoms with Gasteiger partial charge in [0.1, 0.15) is 12.3 Å². The normalized spacial score (nSPS) is 12.9. The van der Waals surface area contributed by atoms with Gasteiger partial charge in [-0.3, -0.25) is 10.1 Å². The minimum absolute atomic E-state index is 0.0767. The molecule has 0 fully saturated rings. The van der Waals surface area contributed by atoms with Crippen LogP contribution in [0, 0.1) is 0 Å². The van der Waals surface area contributed by atoms with E-state index in [9.17, 15) is 15.0 Å². The first-order valence-corrected chi connectivity index (χ1v) is 9.44. The Labute approximate surface area is 177 Å². The van der Waals surface area contributed by atoms with Crippen molar-refractivity contribution in [1.29, 1.82) is 0 Å². The van der Waals surface area contributed by atoms with E-state index in [-0.39, 0.29) is 28.1 Å². The van der Waals surface area contributed by atoms with Gasteiger partial charge in [0.15, 0.2) is 0 Å². The zero-order valence-corrected chi connectivity index (χ0v) is 16.6. The van der Waals surface area contributed by atoms with Crippen molar-refractivity contribution < 1.29 is 15.0 Å². The molecule has 150 valence electrons. The summed E-state index contributed by atoms with van der Waals surface area (Å²) < 4.78 is 0. The van der Waals surface area contributed by atoms with Crippen LogP contribution in [0.25, 0.3) is 11.3 Å². The van der Waals surface area contributed by atoms with Gasteiger partial charge in [-0.2, -0.15) is 0 Å². The molecule has 2 atom stereocenters. The van der Waals surface area contributed by atoms with E-state index in [0.717, 1.165) is 5.56 Å². The molecule has 0 aliphatic rings. The molecule has 3 rings (SSSR count). The van der Waals surface area contributed by atoms with Crippen LogP contribution in [-0.4, -0.2) is 38.7 Å². The Hall–Kier alpha value is -2.71. The number of hydrogen-bond acceptors (Lipinski definition) is 6. The number of halogens is 2. The number of carboxylic acid groups (broad SMARTS) is 1. The van der Waals surface area contributed by atoms with E-state index in [1.54, 1.807) is 30.5 Å². The van der Waals surface area contributed by atoms with E-state index in [1.807, 2.05) is 30.3 Å². The van der Waals surface area contributed by atoms with Crippen LogP contribution in [-0.2, 0) is 4.79 Å². The minimum atomic E-state index is -1.37. The molecular weight excluding hydrogens is 415 g/mol. The van der Waals surface area contributed by atoms with Crippen molar-refractivity contribution in [3.8, 4) is 11.3 Å². The Morgan fingerprint density at radius 3 is 2.38 bits per heavy atom. The van der Waals surface area contributed by atoms with Crippen molar-refractivity contribution in [3.05, 3.63) is 76.4 Å². The molecule has 0 amide bonds. The molecule has 4 N–H and O–H groups in total. The number of carbonyl (C=O) groups is 1. The summed E-state index contributed by atoms with van der Waals surface area (Å²) in [7, 11) is 0. The van der Waals surface area contributed by atoms with Crippen LogP contribution in [0.4, 0.5) is 5.95 Å². The predicted molar refractivity (Wildman–Crippen MR) is 112 cm³/mol. The highest BCUT2D eigenvalue weighted by molar-refractivity contribution is 6.36. The number of benzene rings is 2. The number of aliphatic carboxylic acids is 1. The van der Waals surface area contributed by atoms with Crippen molar-refractivity contribution in [1.82, 2.24) is 15.3 Å². The summed E-state index contributed by atoms with van der Waals surface area (Å²) in [5.41, 5.74) is 1.82. The van der Waals surface area contributed by atoms with Crippen LogP contribution >= 0.6 is 23.2 Å². The maximum absolute atomic E-state index is 11.6. The first kappa shape index (κ1) is 21.0. The lowest BCUT2D eigenvalue weighted by molar-refractivity contribution is -0.140. The number of aliphatic hydroxyl groups excluding tert-OH is 1. The van der Waals surface area contributed by atoms with Gasteiger partial charge in [0, 0.05) is 33.9 Å². The monoisotopic (exact) mass is 432 g/mol. The van der Waals surface area contributed by atoms with E-state index in [1.165, 1.54) is 0 Å². The molecule has 0 bridgehead atoms. The maximum atomic E-state index is 11.6. The second kappa shape index (κ2) is 9.67. The fourth-order valence-electron chi connectivity index (χ4n) is 2.67. The summed E-state index contributed by atoms with van der Waals surface area (Å²) >= 11 is 12.1.